The lowest BCUT2D eigenvalue weighted by Gasteiger charge is -2.12. The van der Waals surface area contributed by atoms with Crippen molar-refractivity contribution in [3.05, 3.63) is 51.8 Å². The van der Waals surface area contributed by atoms with Crippen LogP contribution in [0.5, 0.6) is 0 Å². The maximum atomic E-state index is 6.39. The molecule has 0 saturated heterocycles. The first-order valence-electron chi connectivity index (χ1n) is 8.00. The van der Waals surface area contributed by atoms with Crippen LogP contribution in [0.1, 0.15) is 38.1 Å². The maximum absolute atomic E-state index is 6.39. The van der Waals surface area contributed by atoms with Crippen LogP contribution in [0.25, 0.3) is 16.9 Å². The number of rotatable bonds is 5. The Balaban J connectivity index is 2.24. The minimum atomic E-state index is -0.0640. The Kier molecular flexibility index (Phi) is 5.09. The van der Waals surface area contributed by atoms with E-state index in [0.717, 1.165) is 34.6 Å². The van der Waals surface area contributed by atoms with E-state index in [1.165, 1.54) is 0 Å². The first kappa shape index (κ1) is 17.2. The number of aromatic nitrogens is 3. The van der Waals surface area contributed by atoms with Gasteiger partial charge in [0.05, 0.1) is 22.5 Å². The highest BCUT2D eigenvalue weighted by atomic mass is 35.5. The quantitative estimate of drug-likeness (QED) is 0.612. The molecule has 3 aromatic rings. The van der Waals surface area contributed by atoms with E-state index in [0.29, 0.717) is 16.7 Å². The fourth-order valence-electron chi connectivity index (χ4n) is 2.92. The summed E-state index contributed by atoms with van der Waals surface area (Å²) in [6, 6.07) is 7.36. The van der Waals surface area contributed by atoms with Gasteiger partial charge in [0.1, 0.15) is 0 Å². The summed E-state index contributed by atoms with van der Waals surface area (Å²) >= 11 is 12.4. The molecule has 4 nitrogen and oxygen atoms in total. The standard InChI is InChI=1S/C18H19Cl2N3O/c1-4-15-17(11(3)24-5-2)18-21-9-8-16(23(18)22-15)13-7-6-12(19)10-14(13)20/h6-11H,4-5H2,1-3H3. The predicted octanol–water partition coefficient (Wildman–Crippen LogP) is 5.36. The molecule has 0 aliphatic carbocycles. The molecule has 0 amide bonds. The van der Waals surface area contributed by atoms with E-state index in [4.69, 9.17) is 33.0 Å². The van der Waals surface area contributed by atoms with Gasteiger partial charge < -0.3 is 4.74 Å². The van der Waals surface area contributed by atoms with Gasteiger partial charge in [-0.25, -0.2) is 9.50 Å². The number of hydrogen-bond acceptors (Lipinski definition) is 3. The first-order chi connectivity index (χ1) is 11.6. The van der Waals surface area contributed by atoms with Crippen molar-refractivity contribution >= 4 is 28.8 Å². The molecule has 2 aromatic heterocycles. The number of hydrogen-bond donors (Lipinski definition) is 0. The van der Waals surface area contributed by atoms with Gasteiger partial charge >= 0.3 is 0 Å². The van der Waals surface area contributed by atoms with Crippen LogP contribution >= 0.6 is 23.2 Å². The van der Waals surface area contributed by atoms with Crippen molar-refractivity contribution in [2.75, 3.05) is 6.61 Å². The van der Waals surface area contributed by atoms with E-state index >= 15 is 0 Å². The molecule has 0 bridgehead atoms. The highest BCUT2D eigenvalue weighted by molar-refractivity contribution is 6.36. The molecule has 24 heavy (non-hydrogen) atoms. The van der Waals surface area contributed by atoms with Gasteiger partial charge in [0, 0.05) is 29.0 Å². The molecule has 1 atom stereocenters. The van der Waals surface area contributed by atoms with Gasteiger partial charge in [0.25, 0.3) is 0 Å². The summed E-state index contributed by atoms with van der Waals surface area (Å²) in [4.78, 5) is 4.54. The highest BCUT2D eigenvalue weighted by Crippen LogP contribution is 2.33. The van der Waals surface area contributed by atoms with E-state index in [1.54, 1.807) is 12.3 Å². The SMILES string of the molecule is CCOC(C)c1c(CC)nn2c(-c3ccc(Cl)cc3Cl)ccnc12. The minimum absolute atomic E-state index is 0.0640. The number of aryl methyl sites for hydroxylation is 1. The van der Waals surface area contributed by atoms with Crippen molar-refractivity contribution < 1.29 is 4.74 Å². The van der Waals surface area contributed by atoms with Crippen molar-refractivity contribution in [1.29, 1.82) is 0 Å². The van der Waals surface area contributed by atoms with E-state index in [2.05, 4.69) is 11.9 Å². The predicted molar refractivity (Wildman–Crippen MR) is 97.9 cm³/mol. The summed E-state index contributed by atoms with van der Waals surface area (Å²) in [5.74, 6) is 0. The molecule has 1 unspecified atom stereocenters. The van der Waals surface area contributed by atoms with Crippen LogP contribution in [0.2, 0.25) is 10.0 Å². The Morgan fingerprint density at radius 3 is 2.67 bits per heavy atom. The average molecular weight is 364 g/mol. The van der Waals surface area contributed by atoms with Gasteiger partial charge in [-0.1, -0.05) is 30.1 Å². The summed E-state index contributed by atoms with van der Waals surface area (Å²) < 4.78 is 7.63. The molecule has 0 aliphatic heterocycles. The van der Waals surface area contributed by atoms with E-state index in [1.807, 2.05) is 36.6 Å². The molecule has 2 heterocycles. The van der Waals surface area contributed by atoms with Crippen molar-refractivity contribution in [1.82, 2.24) is 14.6 Å². The molecular formula is C18H19Cl2N3O. The van der Waals surface area contributed by atoms with Crippen LogP contribution in [0.4, 0.5) is 0 Å². The van der Waals surface area contributed by atoms with Gasteiger partial charge in [-0.15, -0.1) is 0 Å². The van der Waals surface area contributed by atoms with Crippen LogP contribution in [0, 0.1) is 0 Å². The monoisotopic (exact) mass is 363 g/mol. The third kappa shape index (κ3) is 3.02. The largest absolute Gasteiger partial charge is 0.374 e. The second-order valence-corrected chi connectivity index (χ2v) is 6.34. The van der Waals surface area contributed by atoms with Crippen LogP contribution in [-0.4, -0.2) is 21.2 Å². The zero-order chi connectivity index (χ0) is 17.3. The van der Waals surface area contributed by atoms with Crippen LogP contribution in [0.3, 0.4) is 0 Å². The number of fused-ring (bicyclic) bond motifs is 1. The zero-order valence-electron chi connectivity index (χ0n) is 13.9. The lowest BCUT2D eigenvalue weighted by molar-refractivity contribution is 0.0766. The van der Waals surface area contributed by atoms with E-state index in [9.17, 15) is 0 Å². The topological polar surface area (TPSA) is 39.4 Å². The van der Waals surface area contributed by atoms with Crippen LogP contribution < -0.4 is 0 Å². The fourth-order valence-corrected chi connectivity index (χ4v) is 3.42. The second kappa shape index (κ2) is 7.09. The van der Waals surface area contributed by atoms with Crippen LogP contribution in [-0.2, 0) is 11.2 Å². The van der Waals surface area contributed by atoms with Crippen molar-refractivity contribution in [2.45, 2.75) is 33.3 Å². The smallest absolute Gasteiger partial charge is 0.161 e. The Morgan fingerprint density at radius 1 is 1.21 bits per heavy atom. The number of nitrogens with zero attached hydrogens (tertiary/aromatic N) is 3. The highest BCUT2D eigenvalue weighted by Gasteiger charge is 2.21. The van der Waals surface area contributed by atoms with Crippen molar-refractivity contribution in [2.24, 2.45) is 0 Å². The average Bonchev–Trinajstić information content (AvgIpc) is 2.94. The van der Waals surface area contributed by atoms with E-state index < -0.39 is 0 Å². The molecule has 0 fully saturated rings. The molecule has 0 N–H and O–H groups in total. The van der Waals surface area contributed by atoms with E-state index in [-0.39, 0.29) is 6.10 Å². The Bertz CT molecular complexity index is 876. The third-order valence-electron chi connectivity index (χ3n) is 4.00. The summed E-state index contributed by atoms with van der Waals surface area (Å²) in [7, 11) is 0. The maximum Gasteiger partial charge on any atom is 0.161 e. The Morgan fingerprint density at radius 2 is 2.00 bits per heavy atom. The van der Waals surface area contributed by atoms with Gasteiger partial charge in [0.2, 0.25) is 0 Å². The van der Waals surface area contributed by atoms with Gasteiger partial charge in [0.15, 0.2) is 5.65 Å². The molecule has 0 aliphatic rings. The minimum Gasteiger partial charge on any atom is -0.374 e. The second-order valence-electron chi connectivity index (χ2n) is 5.50. The molecule has 0 saturated carbocycles. The zero-order valence-corrected chi connectivity index (χ0v) is 15.4. The molecule has 6 heteroatoms. The third-order valence-corrected chi connectivity index (χ3v) is 4.54. The summed E-state index contributed by atoms with van der Waals surface area (Å²) in [5.41, 5.74) is 4.57. The molecule has 0 radical (unpaired) electrons. The van der Waals surface area contributed by atoms with Gasteiger partial charge in [-0.3, -0.25) is 0 Å². The first-order valence-corrected chi connectivity index (χ1v) is 8.75. The van der Waals surface area contributed by atoms with Crippen molar-refractivity contribution in [3.8, 4) is 11.3 Å². The van der Waals surface area contributed by atoms with Crippen LogP contribution in [0.15, 0.2) is 30.5 Å². The Hall–Kier alpha value is -1.62. The summed E-state index contributed by atoms with van der Waals surface area (Å²) in [6.45, 7) is 6.74. The van der Waals surface area contributed by atoms with Gasteiger partial charge in [-0.2, -0.15) is 5.10 Å². The summed E-state index contributed by atoms with van der Waals surface area (Å²) in [6.07, 6.45) is 2.52. The molecule has 0 spiro atoms. The number of ether oxygens (including phenoxy) is 1. The number of benzene rings is 1. The van der Waals surface area contributed by atoms with Gasteiger partial charge in [-0.05, 0) is 44.5 Å². The molecular weight excluding hydrogens is 345 g/mol. The molecule has 3 rings (SSSR count). The lowest BCUT2D eigenvalue weighted by atomic mass is 10.1. The normalized spacial score (nSPS) is 12.7. The molecule has 1 aromatic carbocycles. The molecule has 126 valence electrons. The Labute approximate surface area is 151 Å². The van der Waals surface area contributed by atoms with Crippen molar-refractivity contribution in [3.63, 3.8) is 0 Å². The number of halogens is 2. The summed E-state index contributed by atoms with van der Waals surface area (Å²) in [5, 5.41) is 5.95. The lowest BCUT2D eigenvalue weighted by Crippen LogP contribution is -2.03. The fraction of sp³-hybridized carbons (Fsp3) is 0.333.